The first-order chi connectivity index (χ1) is 14.1. The van der Waals surface area contributed by atoms with E-state index in [9.17, 15) is 4.79 Å². The first-order valence-electron chi connectivity index (χ1n) is 11.0. The molecule has 1 heterocycles. The summed E-state index contributed by atoms with van der Waals surface area (Å²) in [5.74, 6) is 0.198. The maximum absolute atomic E-state index is 12.8. The number of aromatic nitrogens is 1. The first kappa shape index (κ1) is 21.2. The highest BCUT2D eigenvalue weighted by Crippen LogP contribution is 2.35. The molecule has 3 rings (SSSR count). The molecular weight excluding hydrogens is 356 g/mol. The highest BCUT2D eigenvalue weighted by atomic mass is 16.1. The minimum Gasteiger partial charge on any atom is -0.356 e. The Morgan fingerprint density at radius 3 is 2.48 bits per heavy atom. The van der Waals surface area contributed by atoms with Crippen LogP contribution in [0.25, 0.3) is 10.9 Å². The van der Waals surface area contributed by atoms with Crippen molar-refractivity contribution in [3.63, 3.8) is 0 Å². The molecule has 0 saturated heterocycles. The summed E-state index contributed by atoms with van der Waals surface area (Å²) in [7, 11) is 0. The molecule has 1 aromatic heterocycles. The van der Waals surface area contributed by atoms with E-state index in [0.717, 1.165) is 19.5 Å². The van der Waals surface area contributed by atoms with E-state index >= 15 is 0 Å². The van der Waals surface area contributed by atoms with Gasteiger partial charge in [0, 0.05) is 42.5 Å². The molecule has 0 aliphatic rings. The Bertz CT molecular complexity index is 924. The average molecular weight is 391 g/mol. The van der Waals surface area contributed by atoms with Crippen LogP contribution in [0.2, 0.25) is 0 Å². The molecule has 3 aromatic rings. The van der Waals surface area contributed by atoms with Crippen molar-refractivity contribution in [3.8, 4) is 0 Å². The molecule has 0 radical (unpaired) electrons. The van der Waals surface area contributed by atoms with E-state index in [2.05, 4.69) is 85.4 Å². The van der Waals surface area contributed by atoms with E-state index in [-0.39, 0.29) is 11.8 Å². The van der Waals surface area contributed by atoms with Crippen LogP contribution in [0.3, 0.4) is 0 Å². The van der Waals surface area contributed by atoms with Crippen LogP contribution in [0, 0.1) is 6.92 Å². The third-order valence-corrected chi connectivity index (χ3v) is 5.76. The minimum atomic E-state index is 0.0592. The lowest BCUT2D eigenvalue weighted by Gasteiger charge is -2.18. The topological polar surface area (TPSA) is 34.0 Å². The molecule has 1 amide bonds. The third-order valence-electron chi connectivity index (χ3n) is 5.76. The van der Waals surface area contributed by atoms with Gasteiger partial charge in [-0.15, -0.1) is 0 Å². The fourth-order valence-corrected chi connectivity index (χ4v) is 4.06. The van der Waals surface area contributed by atoms with Crippen LogP contribution in [0.15, 0.2) is 54.7 Å². The largest absolute Gasteiger partial charge is 0.356 e. The van der Waals surface area contributed by atoms with Crippen molar-refractivity contribution >= 4 is 16.8 Å². The Balaban J connectivity index is 1.87. The van der Waals surface area contributed by atoms with E-state index in [1.165, 1.54) is 46.9 Å². The van der Waals surface area contributed by atoms with Crippen molar-refractivity contribution in [1.29, 1.82) is 0 Å². The molecule has 29 heavy (non-hydrogen) atoms. The Morgan fingerprint density at radius 1 is 1.00 bits per heavy atom. The van der Waals surface area contributed by atoms with Gasteiger partial charge in [0.15, 0.2) is 0 Å². The number of aryl methyl sites for hydroxylation is 2. The van der Waals surface area contributed by atoms with Crippen LogP contribution in [-0.2, 0) is 11.3 Å². The summed E-state index contributed by atoms with van der Waals surface area (Å²) in [6, 6.07) is 17.2. The SMILES string of the molecule is CCCCCCNC(=O)C[C@H](c1ccc(C)cc1)c1cn(CC)c2ccccc12. The van der Waals surface area contributed by atoms with E-state index in [1.807, 2.05) is 0 Å². The number of hydrogen-bond donors (Lipinski definition) is 1. The van der Waals surface area contributed by atoms with Gasteiger partial charge in [0.05, 0.1) is 0 Å². The fourth-order valence-electron chi connectivity index (χ4n) is 4.06. The first-order valence-corrected chi connectivity index (χ1v) is 11.0. The molecule has 0 aliphatic carbocycles. The summed E-state index contributed by atoms with van der Waals surface area (Å²) >= 11 is 0. The summed E-state index contributed by atoms with van der Waals surface area (Å²) in [4.78, 5) is 12.8. The third kappa shape index (κ3) is 5.29. The van der Waals surface area contributed by atoms with Gasteiger partial charge in [-0.1, -0.05) is 74.2 Å². The molecular formula is C26H34N2O. The fraction of sp³-hybridized carbons (Fsp3) is 0.423. The zero-order valence-electron chi connectivity index (χ0n) is 18.1. The van der Waals surface area contributed by atoms with Gasteiger partial charge in [-0.05, 0) is 37.5 Å². The van der Waals surface area contributed by atoms with E-state index in [0.29, 0.717) is 6.42 Å². The predicted octanol–water partition coefficient (Wildman–Crippen LogP) is 6.19. The second-order valence-corrected chi connectivity index (χ2v) is 7.97. The quantitative estimate of drug-likeness (QED) is 0.412. The van der Waals surface area contributed by atoms with Crippen LogP contribution in [0.5, 0.6) is 0 Å². The summed E-state index contributed by atoms with van der Waals surface area (Å²) in [6.45, 7) is 8.17. The Labute approximate surface area is 175 Å². The van der Waals surface area contributed by atoms with Crippen LogP contribution in [0.1, 0.15) is 68.6 Å². The van der Waals surface area contributed by atoms with Gasteiger partial charge in [0.2, 0.25) is 5.91 Å². The van der Waals surface area contributed by atoms with E-state index < -0.39 is 0 Å². The lowest BCUT2D eigenvalue weighted by Crippen LogP contribution is -2.26. The molecule has 0 aliphatic heterocycles. The van der Waals surface area contributed by atoms with E-state index in [4.69, 9.17) is 0 Å². The van der Waals surface area contributed by atoms with Crippen LogP contribution < -0.4 is 5.32 Å². The molecule has 2 aromatic carbocycles. The van der Waals surface area contributed by atoms with Crippen molar-refractivity contribution in [3.05, 3.63) is 71.4 Å². The van der Waals surface area contributed by atoms with Crippen LogP contribution >= 0.6 is 0 Å². The van der Waals surface area contributed by atoms with Gasteiger partial charge in [-0.3, -0.25) is 4.79 Å². The summed E-state index contributed by atoms with van der Waals surface area (Å²) in [6.07, 6.45) is 7.41. The zero-order chi connectivity index (χ0) is 20.6. The number of carbonyl (C=O) groups is 1. The van der Waals surface area contributed by atoms with Gasteiger partial charge < -0.3 is 9.88 Å². The number of para-hydroxylation sites is 1. The van der Waals surface area contributed by atoms with Crippen molar-refractivity contribution in [2.45, 2.75) is 65.3 Å². The smallest absolute Gasteiger partial charge is 0.220 e. The maximum atomic E-state index is 12.8. The summed E-state index contributed by atoms with van der Waals surface area (Å²) < 4.78 is 2.29. The molecule has 0 bridgehead atoms. The summed E-state index contributed by atoms with van der Waals surface area (Å²) in [5.41, 5.74) is 4.93. The Hall–Kier alpha value is -2.55. The lowest BCUT2D eigenvalue weighted by molar-refractivity contribution is -0.121. The van der Waals surface area contributed by atoms with Crippen molar-refractivity contribution in [2.75, 3.05) is 6.54 Å². The van der Waals surface area contributed by atoms with Gasteiger partial charge in [0.1, 0.15) is 0 Å². The number of hydrogen-bond acceptors (Lipinski definition) is 1. The van der Waals surface area contributed by atoms with Crippen molar-refractivity contribution < 1.29 is 4.79 Å². The number of rotatable bonds is 10. The molecule has 3 heteroatoms. The standard InChI is InChI=1S/C26H34N2O/c1-4-6-7-10-17-27-26(29)18-23(21-15-13-20(3)14-16-21)24-19-28(5-2)25-12-9-8-11-22(24)25/h8-9,11-16,19,23H,4-7,10,17-18H2,1-3H3,(H,27,29)/t23-/m1/s1. The monoisotopic (exact) mass is 390 g/mol. The van der Waals surface area contributed by atoms with Crippen molar-refractivity contribution in [2.24, 2.45) is 0 Å². The van der Waals surface area contributed by atoms with E-state index in [1.54, 1.807) is 0 Å². The summed E-state index contributed by atoms with van der Waals surface area (Å²) in [5, 5.41) is 4.39. The van der Waals surface area contributed by atoms with Gasteiger partial charge in [-0.25, -0.2) is 0 Å². The van der Waals surface area contributed by atoms with Gasteiger partial charge >= 0.3 is 0 Å². The highest BCUT2D eigenvalue weighted by Gasteiger charge is 2.22. The van der Waals surface area contributed by atoms with Crippen LogP contribution in [0.4, 0.5) is 0 Å². The van der Waals surface area contributed by atoms with Gasteiger partial charge in [-0.2, -0.15) is 0 Å². The second-order valence-electron chi connectivity index (χ2n) is 7.97. The molecule has 1 N–H and O–H groups in total. The number of carbonyl (C=O) groups excluding carboxylic acids is 1. The van der Waals surface area contributed by atoms with Crippen molar-refractivity contribution in [1.82, 2.24) is 9.88 Å². The predicted molar refractivity (Wildman–Crippen MR) is 122 cm³/mol. The molecule has 3 nitrogen and oxygen atoms in total. The van der Waals surface area contributed by atoms with Gasteiger partial charge in [0.25, 0.3) is 0 Å². The minimum absolute atomic E-state index is 0.0592. The number of benzene rings is 2. The molecule has 0 saturated carbocycles. The Morgan fingerprint density at radius 2 is 1.76 bits per heavy atom. The lowest BCUT2D eigenvalue weighted by atomic mass is 9.87. The number of amides is 1. The number of nitrogens with zero attached hydrogens (tertiary/aromatic N) is 1. The molecule has 0 fully saturated rings. The Kier molecular flexibility index (Phi) is 7.51. The molecule has 1 atom stereocenters. The number of fused-ring (bicyclic) bond motifs is 1. The molecule has 154 valence electrons. The average Bonchev–Trinajstić information content (AvgIpc) is 3.11. The number of nitrogens with one attached hydrogen (secondary N) is 1. The number of unbranched alkanes of at least 4 members (excludes halogenated alkanes) is 3. The normalized spacial score (nSPS) is 12.2. The second kappa shape index (κ2) is 10.3. The molecule has 0 unspecified atom stereocenters. The maximum Gasteiger partial charge on any atom is 0.220 e. The molecule has 0 spiro atoms. The highest BCUT2D eigenvalue weighted by molar-refractivity contribution is 5.86. The van der Waals surface area contributed by atoms with Crippen LogP contribution in [-0.4, -0.2) is 17.0 Å². The zero-order valence-corrected chi connectivity index (χ0v) is 18.1.